The smallest absolute Gasteiger partial charge is 0.129 e. The molecule has 0 saturated carbocycles. The zero-order valence-electron chi connectivity index (χ0n) is 12.9. The highest BCUT2D eigenvalue weighted by Crippen LogP contribution is 2.19. The maximum Gasteiger partial charge on any atom is 0.129 e. The van der Waals surface area contributed by atoms with Gasteiger partial charge in [0.15, 0.2) is 0 Å². The van der Waals surface area contributed by atoms with E-state index in [1.807, 2.05) is 0 Å². The summed E-state index contributed by atoms with van der Waals surface area (Å²) in [6.07, 6.45) is 5.11. The Morgan fingerprint density at radius 2 is 2.10 bits per heavy atom. The van der Waals surface area contributed by atoms with Gasteiger partial charge in [-0.3, -0.25) is 0 Å². The fourth-order valence-corrected chi connectivity index (χ4v) is 3.15. The van der Waals surface area contributed by atoms with Gasteiger partial charge in [0, 0.05) is 24.5 Å². The van der Waals surface area contributed by atoms with Crippen molar-refractivity contribution < 1.29 is 0 Å². The van der Waals surface area contributed by atoms with Crippen molar-refractivity contribution in [1.82, 2.24) is 10.3 Å². The molecule has 1 N–H and O–H groups in total. The van der Waals surface area contributed by atoms with E-state index in [0.717, 1.165) is 37.4 Å². The molecule has 21 heavy (non-hydrogen) atoms. The lowest BCUT2D eigenvalue weighted by Crippen LogP contribution is -2.44. The van der Waals surface area contributed by atoms with Crippen LogP contribution in [-0.4, -0.2) is 30.7 Å². The van der Waals surface area contributed by atoms with E-state index < -0.39 is 0 Å². The van der Waals surface area contributed by atoms with Crippen LogP contribution in [0.2, 0.25) is 0 Å². The topological polar surface area (TPSA) is 28.2 Å². The molecule has 112 valence electrons. The first-order valence-electron chi connectivity index (χ1n) is 8.21. The van der Waals surface area contributed by atoms with Crippen LogP contribution in [-0.2, 0) is 0 Å². The fraction of sp³-hybridized carbons (Fsp3) is 0.500. The van der Waals surface area contributed by atoms with Crippen molar-refractivity contribution in [2.45, 2.75) is 38.6 Å². The Morgan fingerprint density at radius 1 is 1.19 bits per heavy atom. The highest BCUT2D eigenvalue weighted by molar-refractivity contribution is 5.80. The Kier molecular flexibility index (Phi) is 4.71. The molecule has 1 aliphatic heterocycles. The second-order valence-corrected chi connectivity index (χ2v) is 5.95. The monoisotopic (exact) mass is 283 g/mol. The van der Waals surface area contributed by atoms with E-state index in [4.69, 9.17) is 4.98 Å². The SMILES string of the molecule is CCCN(CC1CCCCN1)c1ccc2ccccc2n1. The molecule has 3 heteroatoms. The van der Waals surface area contributed by atoms with Crippen molar-refractivity contribution in [1.29, 1.82) is 0 Å². The van der Waals surface area contributed by atoms with Crippen LogP contribution in [0.5, 0.6) is 0 Å². The minimum Gasteiger partial charge on any atom is -0.355 e. The lowest BCUT2D eigenvalue weighted by molar-refractivity contribution is 0.398. The van der Waals surface area contributed by atoms with Gasteiger partial charge in [0.2, 0.25) is 0 Å². The number of nitrogens with zero attached hydrogens (tertiary/aromatic N) is 2. The van der Waals surface area contributed by atoms with Crippen molar-refractivity contribution in [2.75, 3.05) is 24.5 Å². The summed E-state index contributed by atoms with van der Waals surface area (Å²) in [7, 11) is 0. The summed E-state index contributed by atoms with van der Waals surface area (Å²) in [5.41, 5.74) is 1.09. The van der Waals surface area contributed by atoms with Crippen LogP contribution in [0.15, 0.2) is 36.4 Å². The third kappa shape index (κ3) is 3.53. The zero-order chi connectivity index (χ0) is 14.5. The quantitative estimate of drug-likeness (QED) is 0.909. The average molecular weight is 283 g/mol. The average Bonchev–Trinajstić information content (AvgIpc) is 2.55. The van der Waals surface area contributed by atoms with Gasteiger partial charge < -0.3 is 10.2 Å². The van der Waals surface area contributed by atoms with Gasteiger partial charge in [0.1, 0.15) is 5.82 Å². The van der Waals surface area contributed by atoms with Gasteiger partial charge in [-0.2, -0.15) is 0 Å². The van der Waals surface area contributed by atoms with E-state index in [1.165, 1.54) is 24.6 Å². The molecule has 2 aromatic rings. The number of nitrogens with one attached hydrogen (secondary N) is 1. The van der Waals surface area contributed by atoms with Crippen LogP contribution >= 0.6 is 0 Å². The van der Waals surface area contributed by atoms with Crippen LogP contribution in [0.1, 0.15) is 32.6 Å². The zero-order valence-corrected chi connectivity index (χ0v) is 12.9. The molecule has 1 atom stereocenters. The van der Waals surface area contributed by atoms with Crippen molar-refractivity contribution in [3.8, 4) is 0 Å². The Morgan fingerprint density at radius 3 is 2.90 bits per heavy atom. The summed E-state index contributed by atoms with van der Waals surface area (Å²) in [5.74, 6) is 1.11. The highest BCUT2D eigenvalue weighted by atomic mass is 15.2. The molecule has 1 fully saturated rings. The molecule has 0 amide bonds. The molecule has 1 aliphatic rings. The molecule has 0 aliphatic carbocycles. The maximum absolute atomic E-state index is 4.86. The first kappa shape index (κ1) is 14.3. The molecule has 0 spiro atoms. The lowest BCUT2D eigenvalue weighted by atomic mass is 10.0. The highest BCUT2D eigenvalue weighted by Gasteiger charge is 2.17. The van der Waals surface area contributed by atoms with E-state index in [0.29, 0.717) is 6.04 Å². The number of anilines is 1. The van der Waals surface area contributed by atoms with E-state index in [1.54, 1.807) is 0 Å². The van der Waals surface area contributed by atoms with E-state index in [9.17, 15) is 0 Å². The summed E-state index contributed by atoms with van der Waals surface area (Å²) in [6.45, 7) is 5.54. The third-order valence-corrected chi connectivity index (χ3v) is 4.25. The molecular formula is C18H25N3. The van der Waals surface area contributed by atoms with E-state index >= 15 is 0 Å². The number of pyridine rings is 1. The molecule has 3 rings (SSSR count). The number of para-hydroxylation sites is 1. The largest absolute Gasteiger partial charge is 0.355 e. The third-order valence-electron chi connectivity index (χ3n) is 4.25. The van der Waals surface area contributed by atoms with Gasteiger partial charge >= 0.3 is 0 Å². The summed E-state index contributed by atoms with van der Waals surface area (Å²) >= 11 is 0. The Hall–Kier alpha value is -1.61. The first-order valence-corrected chi connectivity index (χ1v) is 8.21. The van der Waals surface area contributed by atoms with Gasteiger partial charge in [0.25, 0.3) is 0 Å². The summed E-state index contributed by atoms with van der Waals surface area (Å²) in [6, 6.07) is 13.3. The van der Waals surface area contributed by atoms with Crippen LogP contribution in [0, 0.1) is 0 Å². The number of hydrogen-bond donors (Lipinski definition) is 1. The predicted octanol–water partition coefficient (Wildman–Crippen LogP) is 3.59. The fourth-order valence-electron chi connectivity index (χ4n) is 3.15. The molecule has 1 unspecified atom stereocenters. The summed E-state index contributed by atoms with van der Waals surface area (Å²) in [4.78, 5) is 7.30. The van der Waals surface area contributed by atoms with E-state index in [2.05, 4.69) is 53.5 Å². The molecule has 3 nitrogen and oxygen atoms in total. The minimum absolute atomic E-state index is 0.610. The molecule has 0 bridgehead atoms. The predicted molar refractivity (Wildman–Crippen MR) is 89.9 cm³/mol. The number of fused-ring (bicyclic) bond motifs is 1. The second kappa shape index (κ2) is 6.90. The van der Waals surface area contributed by atoms with Gasteiger partial charge in [-0.05, 0) is 44.0 Å². The second-order valence-electron chi connectivity index (χ2n) is 5.95. The first-order chi connectivity index (χ1) is 10.4. The Labute approximate surface area is 127 Å². The summed E-state index contributed by atoms with van der Waals surface area (Å²) < 4.78 is 0. The lowest BCUT2D eigenvalue weighted by Gasteiger charge is -2.31. The van der Waals surface area contributed by atoms with Crippen LogP contribution in [0.4, 0.5) is 5.82 Å². The van der Waals surface area contributed by atoms with Crippen molar-refractivity contribution in [3.05, 3.63) is 36.4 Å². The van der Waals surface area contributed by atoms with Crippen LogP contribution in [0.25, 0.3) is 10.9 Å². The van der Waals surface area contributed by atoms with Crippen molar-refractivity contribution in [3.63, 3.8) is 0 Å². The van der Waals surface area contributed by atoms with Gasteiger partial charge in [-0.15, -0.1) is 0 Å². The number of piperidine rings is 1. The van der Waals surface area contributed by atoms with E-state index in [-0.39, 0.29) is 0 Å². The van der Waals surface area contributed by atoms with Crippen molar-refractivity contribution in [2.24, 2.45) is 0 Å². The van der Waals surface area contributed by atoms with Crippen LogP contribution < -0.4 is 10.2 Å². The summed E-state index contributed by atoms with van der Waals surface area (Å²) in [5, 5.41) is 4.86. The molecule has 2 heterocycles. The molecule has 0 radical (unpaired) electrons. The number of aromatic nitrogens is 1. The number of rotatable bonds is 5. The Balaban J connectivity index is 1.80. The Bertz CT molecular complexity index is 575. The molecule has 1 aromatic carbocycles. The standard InChI is InChI=1S/C18H25N3/c1-2-13-21(14-16-8-5-6-12-19-16)18-11-10-15-7-3-4-9-17(15)20-18/h3-4,7,9-11,16,19H,2,5-6,8,12-14H2,1H3. The molecule has 1 aromatic heterocycles. The number of hydrogen-bond acceptors (Lipinski definition) is 3. The minimum atomic E-state index is 0.610. The normalized spacial score (nSPS) is 18.8. The maximum atomic E-state index is 4.86. The van der Waals surface area contributed by atoms with Crippen molar-refractivity contribution >= 4 is 16.7 Å². The van der Waals surface area contributed by atoms with Crippen LogP contribution in [0.3, 0.4) is 0 Å². The van der Waals surface area contributed by atoms with Gasteiger partial charge in [-0.25, -0.2) is 4.98 Å². The van der Waals surface area contributed by atoms with Gasteiger partial charge in [-0.1, -0.05) is 31.5 Å². The number of benzene rings is 1. The molecular weight excluding hydrogens is 258 g/mol. The van der Waals surface area contributed by atoms with Gasteiger partial charge in [0.05, 0.1) is 5.52 Å². The molecule has 1 saturated heterocycles.